The summed E-state index contributed by atoms with van der Waals surface area (Å²) in [5.74, 6) is 1.48. The highest BCUT2D eigenvalue weighted by atomic mass is 35.5. The van der Waals surface area contributed by atoms with Gasteiger partial charge in [0.15, 0.2) is 16.7 Å². The zero-order valence-corrected chi connectivity index (χ0v) is 23.6. The van der Waals surface area contributed by atoms with Crippen LogP contribution >= 0.6 is 23.4 Å². The van der Waals surface area contributed by atoms with Crippen LogP contribution in [0.5, 0.6) is 11.5 Å². The first-order valence-electron chi connectivity index (χ1n) is 12.7. The SMILES string of the molecule is COc1cc(/C=C2\SC(=Nc3ccc(Cl)cc3)N(CC(C)C)C2=O)ccc1OCc1cccc2ccccc12. The van der Waals surface area contributed by atoms with Crippen LogP contribution in [-0.2, 0) is 11.4 Å². The van der Waals surface area contributed by atoms with E-state index in [4.69, 9.17) is 26.1 Å². The molecule has 4 aromatic rings. The van der Waals surface area contributed by atoms with Crippen LogP contribution in [0.3, 0.4) is 0 Å². The van der Waals surface area contributed by atoms with E-state index in [9.17, 15) is 4.79 Å². The Morgan fingerprint density at radius 1 is 0.974 bits per heavy atom. The molecule has 39 heavy (non-hydrogen) atoms. The number of hydrogen-bond donors (Lipinski definition) is 0. The summed E-state index contributed by atoms with van der Waals surface area (Å²) in [5.41, 5.74) is 2.70. The predicted octanol–water partition coefficient (Wildman–Crippen LogP) is 8.34. The number of amides is 1. The minimum Gasteiger partial charge on any atom is -0.493 e. The van der Waals surface area contributed by atoms with Crippen molar-refractivity contribution in [2.45, 2.75) is 20.5 Å². The molecule has 0 atom stereocenters. The summed E-state index contributed by atoms with van der Waals surface area (Å²) in [6.07, 6.45) is 1.88. The molecule has 0 unspecified atom stereocenters. The number of methoxy groups -OCH3 is 1. The fourth-order valence-corrected chi connectivity index (χ4v) is 5.50. The summed E-state index contributed by atoms with van der Waals surface area (Å²) in [7, 11) is 1.62. The Labute approximate surface area is 238 Å². The van der Waals surface area contributed by atoms with Crippen LogP contribution in [0.25, 0.3) is 16.8 Å². The van der Waals surface area contributed by atoms with E-state index in [1.165, 1.54) is 22.5 Å². The highest BCUT2D eigenvalue weighted by Crippen LogP contribution is 2.36. The number of ether oxygens (including phenoxy) is 2. The van der Waals surface area contributed by atoms with Gasteiger partial charge in [0.25, 0.3) is 5.91 Å². The van der Waals surface area contributed by atoms with Gasteiger partial charge in [-0.1, -0.05) is 74.0 Å². The molecule has 0 radical (unpaired) electrons. The van der Waals surface area contributed by atoms with Gasteiger partial charge in [-0.15, -0.1) is 0 Å². The first kappa shape index (κ1) is 26.9. The smallest absolute Gasteiger partial charge is 0.266 e. The third-order valence-corrected chi connectivity index (χ3v) is 7.49. The van der Waals surface area contributed by atoms with Gasteiger partial charge < -0.3 is 9.47 Å². The Hall–Kier alpha value is -3.74. The van der Waals surface area contributed by atoms with Gasteiger partial charge in [-0.2, -0.15) is 0 Å². The van der Waals surface area contributed by atoms with E-state index >= 15 is 0 Å². The molecule has 0 N–H and O–H groups in total. The van der Waals surface area contributed by atoms with Gasteiger partial charge in [-0.05, 0) is 82.1 Å². The maximum Gasteiger partial charge on any atom is 0.266 e. The second kappa shape index (κ2) is 12.0. The van der Waals surface area contributed by atoms with Crippen LogP contribution in [0.4, 0.5) is 5.69 Å². The third kappa shape index (κ3) is 6.29. The molecular formula is C32H29ClN2O3S. The normalized spacial score (nSPS) is 15.6. The van der Waals surface area contributed by atoms with Crippen LogP contribution < -0.4 is 9.47 Å². The van der Waals surface area contributed by atoms with Crippen molar-refractivity contribution in [2.24, 2.45) is 10.9 Å². The molecule has 5 nitrogen and oxygen atoms in total. The molecule has 1 aliphatic rings. The first-order chi connectivity index (χ1) is 18.9. The number of benzene rings is 4. The van der Waals surface area contributed by atoms with E-state index < -0.39 is 0 Å². The summed E-state index contributed by atoms with van der Waals surface area (Å²) < 4.78 is 11.8. The summed E-state index contributed by atoms with van der Waals surface area (Å²) in [6.45, 7) is 5.17. The quantitative estimate of drug-likeness (QED) is 0.205. The van der Waals surface area contributed by atoms with Gasteiger partial charge in [-0.25, -0.2) is 4.99 Å². The number of amidine groups is 1. The Bertz CT molecular complexity index is 1560. The summed E-state index contributed by atoms with van der Waals surface area (Å²) in [5, 5.41) is 3.65. The summed E-state index contributed by atoms with van der Waals surface area (Å²) in [6, 6.07) is 27.5. The van der Waals surface area contributed by atoms with Crippen molar-refractivity contribution in [1.82, 2.24) is 4.90 Å². The molecule has 4 aromatic carbocycles. The van der Waals surface area contributed by atoms with Crippen molar-refractivity contribution in [3.05, 3.63) is 106 Å². The fraction of sp³-hybridized carbons (Fsp3) is 0.188. The Morgan fingerprint density at radius 3 is 2.51 bits per heavy atom. The van der Waals surface area contributed by atoms with Crippen LogP contribution in [0.2, 0.25) is 5.02 Å². The van der Waals surface area contributed by atoms with Gasteiger partial charge in [-0.3, -0.25) is 9.69 Å². The van der Waals surface area contributed by atoms with Crippen molar-refractivity contribution in [2.75, 3.05) is 13.7 Å². The van der Waals surface area contributed by atoms with E-state index in [2.05, 4.69) is 38.1 Å². The maximum absolute atomic E-state index is 13.4. The molecule has 1 amide bonds. The van der Waals surface area contributed by atoms with Crippen LogP contribution in [-0.4, -0.2) is 29.6 Å². The van der Waals surface area contributed by atoms with Gasteiger partial charge in [0.05, 0.1) is 17.7 Å². The van der Waals surface area contributed by atoms with Crippen LogP contribution in [0, 0.1) is 5.92 Å². The molecule has 7 heteroatoms. The largest absolute Gasteiger partial charge is 0.493 e. The lowest BCUT2D eigenvalue weighted by molar-refractivity contribution is -0.122. The minimum atomic E-state index is -0.0586. The molecular weight excluding hydrogens is 528 g/mol. The van der Waals surface area contributed by atoms with Gasteiger partial charge in [0, 0.05) is 11.6 Å². The molecule has 0 bridgehead atoms. The van der Waals surface area contributed by atoms with Crippen molar-refractivity contribution >= 4 is 57.0 Å². The van der Waals surface area contributed by atoms with E-state index in [-0.39, 0.29) is 5.91 Å². The highest BCUT2D eigenvalue weighted by molar-refractivity contribution is 8.18. The zero-order valence-electron chi connectivity index (χ0n) is 22.1. The molecule has 5 rings (SSSR count). The van der Waals surface area contributed by atoms with Gasteiger partial charge in [0.2, 0.25) is 0 Å². The number of halogens is 1. The molecule has 0 saturated carbocycles. The maximum atomic E-state index is 13.4. The van der Waals surface area contributed by atoms with Crippen molar-refractivity contribution < 1.29 is 14.3 Å². The van der Waals surface area contributed by atoms with Crippen molar-refractivity contribution in [3.63, 3.8) is 0 Å². The van der Waals surface area contributed by atoms with Crippen LogP contribution in [0.1, 0.15) is 25.0 Å². The monoisotopic (exact) mass is 556 g/mol. The number of carbonyl (C=O) groups is 1. The molecule has 1 aliphatic heterocycles. The topological polar surface area (TPSA) is 51.1 Å². The van der Waals surface area contributed by atoms with Crippen molar-refractivity contribution in [3.8, 4) is 11.5 Å². The molecule has 198 valence electrons. The van der Waals surface area contributed by atoms with Crippen molar-refractivity contribution in [1.29, 1.82) is 0 Å². The Balaban J connectivity index is 1.38. The summed E-state index contributed by atoms with van der Waals surface area (Å²) in [4.78, 5) is 20.5. The van der Waals surface area contributed by atoms with E-state index in [0.29, 0.717) is 45.7 Å². The van der Waals surface area contributed by atoms with Gasteiger partial charge >= 0.3 is 0 Å². The number of thioether (sulfide) groups is 1. The number of nitrogens with zero attached hydrogens (tertiary/aromatic N) is 2. The Kier molecular flexibility index (Phi) is 8.24. The second-order valence-electron chi connectivity index (χ2n) is 9.63. The highest BCUT2D eigenvalue weighted by Gasteiger charge is 2.33. The zero-order chi connectivity index (χ0) is 27.4. The molecule has 1 heterocycles. The number of hydrogen-bond acceptors (Lipinski definition) is 5. The average Bonchev–Trinajstić information content (AvgIpc) is 3.21. The van der Waals surface area contributed by atoms with E-state index in [1.54, 1.807) is 24.1 Å². The molecule has 0 spiro atoms. The molecule has 1 saturated heterocycles. The fourth-order valence-electron chi connectivity index (χ4n) is 4.36. The average molecular weight is 557 g/mol. The number of carbonyl (C=O) groups excluding carboxylic acids is 1. The lowest BCUT2D eigenvalue weighted by Gasteiger charge is -2.17. The van der Waals surface area contributed by atoms with E-state index in [0.717, 1.165) is 16.8 Å². The molecule has 0 aromatic heterocycles. The lowest BCUT2D eigenvalue weighted by Crippen LogP contribution is -2.32. The lowest BCUT2D eigenvalue weighted by atomic mass is 10.1. The van der Waals surface area contributed by atoms with Gasteiger partial charge in [0.1, 0.15) is 6.61 Å². The minimum absolute atomic E-state index is 0.0586. The molecule has 0 aliphatic carbocycles. The second-order valence-corrected chi connectivity index (χ2v) is 11.1. The third-order valence-electron chi connectivity index (χ3n) is 6.24. The number of fused-ring (bicyclic) bond motifs is 1. The first-order valence-corrected chi connectivity index (χ1v) is 13.9. The number of aliphatic imine (C=N–C) groups is 1. The Morgan fingerprint density at radius 2 is 1.74 bits per heavy atom. The predicted molar refractivity (Wildman–Crippen MR) is 162 cm³/mol. The molecule has 1 fully saturated rings. The summed E-state index contributed by atoms with van der Waals surface area (Å²) >= 11 is 7.40. The van der Waals surface area contributed by atoms with E-state index in [1.807, 2.05) is 54.6 Å². The standard InChI is InChI=1S/C32H29ClN2O3S/c1-21(2)19-35-31(36)30(39-32(35)34-26-14-12-25(33)13-15-26)18-22-11-16-28(29(17-22)37-3)38-20-24-9-6-8-23-7-4-5-10-27(23)24/h4-18,21H,19-20H2,1-3H3/b30-18-,34-32?. The van der Waals surface area contributed by atoms with Crippen LogP contribution in [0.15, 0.2) is 94.8 Å². The number of rotatable bonds is 8.